The van der Waals surface area contributed by atoms with Gasteiger partial charge in [-0.05, 0) is 45.8 Å². The van der Waals surface area contributed by atoms with Gasteiger partial charge in [-0.25, -0.2) is 9.97 Å². The van der Waals surface area contributed by atoms with Gasteiger partial charge in [-0.2, -0.15) is 0 Å². The van der Waals surface area contributed by atoms with Crippen LogP contribution in [0.4, 0.5) is 5.95 Å². The summed E-state index contributed by atoms with van der Waals surface area (Å²) in [5.41, 5.74) is 3.54. The number of ether oxygens (including phenoxy) is 1. The van der Waals surface area contributed by atoms with Gasteiger partial charge in [0.05, 0.1) is 12.7 Å². The van der Waals surface area contributed by atoms with E-state index < -0.39 is 0 Å². The molecule has 1 aliphatic heterocycles. The lowest BCUT2D eigenvalue weighted by Gasteiger charge is -2.34. The number of likely N-dealkylation sites (N-methyl/N-ethyl adjacent to an activating group) is 1. The van der Waals surface area contributed by atoms with Gasteiger partial charge in [0.25, 0.3) is 0 Å². The molecule has 2 heterocycles. The molecule has 1 fully saturated rings. The van der Waals surface area contributed by atoms with Crippen molar-refractivity contribution >= 4 is 5.95 Å². The van der Waals surface area contributed by atoms with Crippen molar-refractivity contribution < 1.29 is 4.74 Å². The molecule has 0 spiro atoms. The van der Waals surface area contributed by atoms with Crippen molar-refractivity contribution in [3.05, 3.63) is 17.0 Å². The van der Waals surface area contributed by atoms with E-state index in [1.54, 1.807) is 0 Å². The van der Waals surface area contributed by atoms with Crippen molar-refractivity contribution in [1.82, 2.24) is 14.9 Å². The van der Waals surface area contributed by atoms with E-state index in [2.05, 4.69) is 51.6 Å². The first kappa shape index (κ1) is 17.2. The topological polar surface area (TPSA) is 41.5 Å². The smallest absolute Gasteiger partial charge is 0.225 e. The fraction of sp³-hybridized carbons (Fsp3) is 0.765. The third-order valence-electron chi connectivity index (χ3n) is 4.01. The van der Waals surface area contributed by atoms with E-state index in [9.17, 15) is 0 Å². The highest BCUT2D eigenvalue weighted by Gasteiger charge is 2.23. The van der Waals surface area contributed by atoms with Crippen LogP contribution in [-0.4, -0.2) is 61.3 Å². The van der Waals surface area contributed by atoms with Gasteiger partial charge in [0.1, 0.15) is 0 Å². The molecule has 5 heteroatoms. The minimum Gasteiger partial charge on any atom is -0.373 e. The number of hydrogen-bond acceptors (Lipinski definition) is 5. The molecular weight excluding hydrogens is 276 g/mol. The van der Waals surface area contributed by atoms with E-state index in [1.165, 1.54) is 5.56 Å². The van der Waals surface area contributed by atoms with Crippen molar-refractivity contribution in [1.29, 1.82) is 0 Å². The SMILES string of the molecule is Cc1nc(N2CCO[C@H](CN(C)C)C2)nc(C)c1CC(C)C. The summed E-state index contributed by atoms with van der Waals surface area (Å²) < 4.78 is 5.84. The Morgan fingerprint density at radius 3 is 2.41 bits per heavy atom. The summed E-state index contributed by atoms with van der Waals surface area (Å²) in [5, 5.41) is 0. The highest BCUT2D eigenvalue weighted by atomic mass is 16.5. The Kier molecular flexibility index (Phi) is 5.75. The van der Waals surface area contributed by atoms with Crippen LogP contribution in [0.25, 0.3) is 0 Å². The summed E-state index contributed by atoms with van der Waals surface area (Å²) in [5.74, 6) is 1.48. The molecule has 1 aromatic heterocycles. The molecule has 0 amide bonds. The highest BCUT2D eigenvalue weighted by Crippen LogP contribution is 2.20. The number of hydrogen-bond donors (Lipinski definition) is 0. The maximum atomic E-state index is 5.84. The lowest BCUT2D eigenvalue weighted by Crippen LogP contribution is -2.47. The van der Waals surface area contributed by atoms with Crippen LogP contribution < -0.4 is 4.90 Å². The average molecular weight is 306 g/mol. The monoisotopic (exact) mass is 306 g/mol. The van der Waals surface area contributed by atoms with Crippen molar-refractivity contribution in [3.63, 3.8) is 0 Å². The van der Waals surface area contributed by atoms with Crippen LogP contribution in [0.2, 0.25) is 0 Å². The second-order valence-electron chi connectivity index (χ2n) is 6.97. The van der Waals surface area contributed by atoms with E-state index in [1.807, 2.05) is 0 Å². The van der Waals surface area contributed by atoms with E-state index in [-0.39, 0.29) is 6.10 Å². The first-order valence-electron chi connectivity index (χ1n) is 8.22. The molecule has 0 unspecified atom stereocenters. The number of rotatable bonds is 5. The largest absolute Gasteiger partial charge is 0.373 e. The van der Waals surface area contributed by atoms with E-state index in [4.69, 9.17) is 14.7 Å². The number of aromatic nitrogens is 2. The number of morpholine rings is 1. The number of nitrogens with zero attached hydrogens (tertiary/aromatic N) is 4. The summed E-state index contributed by atoms with van der Waals surface area (Å²) in [7, 11) is 4.15. The summed E-state index contributed by atoms with van der Waals surface area (Å²) in [4.78, 5) is 14.0. The van der Waals surface area contributed by atoms with Crippen molar-refractivity contribution in [2.75, 3.05) is 45.2 Å². The minimum absolute atomic E-state index is 0.225. The Morgan fingerprint density at radius 2 is 1.86 bits per heavy atom. The fourth-order valence-corrected chi connectivity index (χ4v) is 2.99. The second kappa shape index (κ2) is 7.38. The molecule has 0 aromatic carbocycles. The van der Waals surface area contributed by atoms with Gasteiger partial charge in [0.2, 0.25) is 5.95 Å². The molecule has 1 aromatic rings. The molecular formula is C17H30N4O. The van der Waals surface area contributed by atoms with Crippen LogP contribution in [0.3, 0.4) is 0 Å². The van der Waals surface area contributed by atoms with Gasteiger partial charge in [0.15, 0.2) is 0 Å². The molecule has 1 saturated heterocycles. The normalized spacial score (nSPS) is 19.3. The highest BCUT2D eigenvalue weighted by molar-refractivity contribution is 5.37. The van der Waals surface area contributed by atoms with Crippen LogP contribution in [0, 0.1) is 19.8 Å². The lowest BCUT2D eigenvalue weighted by molar-refractivity contribution is 0.0242. The van der Waals surface area contributed by atoms with Gasteiger partial charge in [-0.3, -0.25) is 0 Å². The lowest BCUT2D eigenvalue weighted by atomic mass is 10.0. The maximum Gasteiger partial charge on any atom is 0.225 e. The van der Waals surface area contributed by atoms with Crippen LogP contribution in [0.15, 0.2) is 0 Å². The quantitative estimate of drug-likeness (QED) is 0.833. The van der Waals surface area contributed by atoms with Crippen LogP contribution >= 0.6 is 0 Å². The third kappa shape index (κ3) is 4.40. The van der Waals surface area contributed by atoms with Gasteiger partial charge in [-0.1, -0.05) is 13.8 Å². The first-order valence-corrected chi connectivity index (χ1v) is 8.22. The molecule has 22 heavy (non-hydrogen) atoms. The standard InChI is InChI=1S/C17H30N4O/c1-12(2)9-16-13(3)18-17(19-14(16)4)21-7-8-22-15(11-21)10-20(5)6/h12,15H,7-11H2,1-6H3/t15-/m1/s1. The average Bonchev–Trinajstić information content (AvgIpc) is 2.42. The molecule has 0 bridgehead atoms. The zero-order valence-electron chi connectivity index (χ0n) is 14.9. The van der Waals surface area contributed by atoms with Crippen LogP contribution in [-0.2, 0) is 11.2 Å². The second-order valence-corrected chi connectivity index (χ2v) is 6.97. The predicted octanol–water partition coefficient (Wildman–Crippen LogP) is 2.06. The summed E-state index contributed by atoms with van der Waals surface area (Å²) in [6, 6.07) is 0. The third-order valence-corrected chi connectivity index (χ3v) is 4.01. The zero-order valence-corrected chi connectivity index (χ0v) is 14.9. The molecule has 0 N–H and O–H groups in total. The van der Waals surface area contributed by atoms with E-state index in [0.717, 1.165) is 50.0 Å². The van der Waals surface area contributed by atoms with Crippen molar-refractivity contribution in [3.8, 4) is 0 Å². The van der Waals surface area contributed by atoms with Crippen LogP contribution in [0.5, 0.6) is 0 Å². The Hall–Kier alpha value is -1.20. The summed E-state index contributed by atoms with van der Waals surface area (Å²) in [6.07, 6.45) is 1.27. The molecule has 1 atom stereocenters. The van der Waals surface area contributed by atoms with Crippen molar-refractivity contribution in [2.45, 2.75) is 40.2 Å². The molecule has 124 valence electrons. The van der Waals surface area contributed by atoms with Gasteiger partial charge < -0.3 is 14.5 Å². The summed E-state index contributed by atoms with van der Waals surface area (Å²) in [6.45, 7) is 12.1. The Morgan fingerprint density at radius 1 is 1.23 bits per heavy atom. The van der Waals surface area contributed by atoms with Gasteiger partial charge in [-0.15, -0.1) is 0 Å². The molecule has 0 saturated carbocycles. The Balaban J connectivity index is 2.15. The van der Waals surface area contributed by atoms with Gasteiger partial charge in [0, 0.05) is 31.0 Å². The molecule has 5 nitrogen and oxygen atoms in total. The van der Waals surface area contributed by atoms with Crippen LogP contribution in [0.1, 0.15) is 30.8 Å². The number of anilines is 1. The fourth-order valence-electron chi connectivity index (χ4n) is 2.99. The molecule has 2 rings (SSSR count). The molecule has 0 radical (unpaired) electrons. The maximum absolute atomic E-state index is 5.84. The Labute approximate surface area is 134 Å². The molecule has 1 aliphatic rings. The van der Waals surface area contributed by atoms with Gasteiger partial charge >= 0.3 is 0 Å². The zero-order chi connectivity index (χ0) is 16.3. The van der Waals surface area contributed by atoms with E-state index in [0.29, 0.717) is 5.92 Å². The summed E-state index contributed by atoms with van der Waals surface area (Å²) >= 11 is 0. The van der Waals surface area contributed by atoms with E-state index >= 15 is 0 Å². The minimum atomic E-state index is 0.225. The number of aryl methyl sites for hydroxylation is 2. The van der Waals surface area contributed by atoms with Crippen molar-refractivity contribution in [2.24, 2.45) is 5.92 Å². The first-order chi connectivity index (χ1) is 10.4. The Bertz CT molecular complexity index is 478. The predicted molar refractivity (Wildman–Crippen MR) is 90.6 cm³/mol. The molecule has 0 aliphatic carbocycles.